The monoisotopic (exact) mass is 364 g/mol. The van der Waals surface area contributed by atoms with Crippen molar-refractivity contribution in [2.24, 2.45) is 0 Å². The number of hydrogen-bond donors (Lipinski definition) is 2. The second kappa shape index (κ2) is 12.5. The molecular formula is C18H20O4Zn. The van der Waals surface area contributed by atoms with Gasteiger partial charge >= 0.3 is 11.9 Å². The van der Waals surface area contributed by atoms with Crippen LogP contribution in [0.4, 0.5) is 0 Å². The van der Waals surface area contributed by atoms with E-state index >= 15 is 0 Å². The molecule has 0 atom stereocenters. The third-order valence-electron chi connectivity index (χ3n) is 2.94. The fourth-order valence-corrected chi connectivity index (χ4v) is 1.79. The number of hydrogen-bond acceptors (Lipinski definition) is 2. The maximum absolute atomic E-state index is 10.2. The first kappa shape index (κ1) is 21.0. The van der Waals surface area contributed by atoms with Crippen molar-refractivity contribution in [3.05, 3.63) is 71.8 Å². The summed E-state index contributed by atoms with van der Waals surface area (Å²) >= 11 is 0. The quantitative estimate of drug-likeness (QED) is 0.769. The molecule has 0 saturated heterocycles. The van der Waals surface area contributed by atoms with E-state index in [-0.39, 0.29) is 32.3 Å². The topological polar surface area (TPSA) is 74.6 Å². The molecule has 0 aromatic heterocycles. The van der Waals surface area contributed by atoms with Gasteiger partial charge < -0.3 is 10.2 Å². The molecule has 0 unspecified atom stereocenters. The van der Waals surface area contributed by atoms with Crippen LogP contribution < -0.4 is 0 Å². The molecule has 2 rings (SSSR count). The van der Waals surface area contributed by atoms with Gasteiger partial charge in [-0.25, -0.2) is 0 Å². The van der Waals surface area contributed by atoms with E-state index in [4.69, 9.17) is 10.2 Å². The SMILES string of the molecule is O=C(O)CCc1ccccc1.O=C(O)CCc1ccccc1.[Zn]. The average Bonchev–Trinajstić information content (AvgIpc) is 2.53. The molecule has 0 amide bonds. The largest absolute Gasteiger partial charge is 0.481 e. The van der Waals surface area contributed by atoms with E-state index < -0.39 is 11.9 Å². The van der Waals surface area contributed by atoms with Gasteiger partial charge in [-0.3, -0.25) is 9.59 Å². The first-order valence-electron chi connectivity index (χ1n) is 7.09. The Morgan fingerprint density at radius 1 is 0.652 bits per heavy atom. The van der Waals surface area contributed by atoms with Gasteiger partial charge in [0.1, 0.15) is 0 Å². The molecule has 0 saturated carbocycles. The van der Waals surface area contributed by atoms with Gasteiger partial charge in [0.15, 0.2) is 0 Å². The minimum absolute atomic E-state index is 0. The molecule has 0 aliphatic carbocycles. The molecule has 0 aliphatic heterocycles. The third kappa shape index (κ3) is 11.3. The Kier molecular flexibility index (Phi) is 11.4. The van der Waals surface area contributed by atoms with Gasteiger partial charge in [-0.15, -0.1) is 0 Å². The molecular weight excluding hydrogens is 346 g/mol. The van der Waals surface area contributed by atoms with Gasteiger partial charge in [0.05, 0.1) is 0 Å². The Labute approximate surface area is 148 Å². The number of aryl methyl sites for hydroxylation is 2. The summed E-state index contributed by atoms with van der Waals surface area (Å²) < 4.78 is 0. The minimum atomic E-state index is -0.742. The number of aliphatic carboxylic acids is 2. The van der Waals surface area contributed by atoms with Crippen LogP contribution in [0.15, 0.2) is 60.7 Å². The molecule has 0 aliphatic rings. The van der Waals surface area contributed by atoms with Crippen molar-refractivity contribution in [3.8, 4) is 0 Å². The predicted octanol–water partition coefficient (Wildman–Crippen LogP) is 3.41. The molecule has 118 valence electrons. The third-order valence-corrected chi connectivity index (χ3v) is 2.94. The second-order valence-electron chi connectivity index (χ2n) is 4.76. The molecule has 23 heavy (non-hydrogen) atoms. The van der Waals surface area contributed by atoms with Gasteiger partial charge in [-0.1, -0.05) is 60.7 Å². The zero-order valence-electron chi connectivity index (χ0n) is 13.0. The minimum Gasteiger partial charge on any atom is -0.481 e. The molecule has 0 radical (unpaired) electrons. The summed E-state index contributed by atoms with van der Waals surface area (Å²) in [5.74, 6) is -1.48. The van der Waals surface area contributed by atoms with E-state index in [9.17, 15) is 9.59 Å². The van der Waals surface area contributed by atoms with Crippen LogP contribution in [0.3, 0.4) is 0 Å². The molecule has 0 fully saturated rings. The van der Waals surface area contributed by atoms with Crippen molar-refractivity contribution in [1.29, 1.82) is 0 Å². The fourth-order valence-electron chi connectivity index (χ4n) is 1.79. The second-order valence-corrected chi connectivity index (χ2v) is 4.76. The van der Waals surface area contributed by atoms with Crippen molar-refractivity contribution in [3.63, 3.8) is 0 Å². The van der Waals surface area contributed by atoms with Crippen LogP contribution in [-0.2, 0) is 41.9 Å². The smallest absolute Gasteiger partial charge is 0.303 e. The van der Waals surface area contributed by atoms with Crippen LogP contribution in [0.2, 0.25) is 0 Å². The zero-order chi connectivity index (χ0) is 16.2. The average molecular weight is 366 g/mol. The molecule has 2 aromatic rings. The summed E-state index contributed by atoms with van der Waals surface area (Å²) in [7, 11) is 0. The van der Waals surface area contributed by atoms with Gasteiger partial charge in [0.2, 0.25) is 0 Å². The number of carbonyl (C=O) groups is 2. The molecule has 2 N–H and O–H groups in total. The van der Waals surface area contributed by atoms with Gasteiger partial charge in [0, 0.05) is 32.3 Å². The van der Waals surface area contributed by atoms with E-state index in [1.54, 1.807) is 0 Å². The maximum atomic E-state index is 10.2. The summed E-state index contributed by atoms with van der Waals surface area (Å²) in [4.78, 5) is 20.3. The predicted molar refractivity (Wildman–Crippen MR) is 84.8 cm³/mol. The maximum Gasteiger partial charge on any atom is 0.303 e. The van der Waals surface area contributed by atoms with Gasteiger partial charge in [-0.2, -0.15) is 0 Å². The number of carboxylic acids is 2. The van der Waals surface area contributed by atoms with Crippen molar-refractivity contribution in [2.45, 2.75) is 25.7 Å². The molecule has 5 heteroatoms. The molecule has 0 spiro atoms. The van der Waals surface area contributed by atoms with E-state index in [1.165, 1.54) is 0 Å². The molecule has 0 heterocycles. The normalized spacial score (nSPS) is 9.04. The first-order chi connectivity index (χ1) is 10.6. The van der Waals surface area contributed by atoms with Crippen LogP contribution in [0.5, 0.6) is 0 Å². The number of rotatable bonds is 6. The summed E-state index contributed by atoms with van der Waals surface area (Å²) in [5, 5.41) is 16.7. The van der Waals surface area contributed by atoms with Crippen LogP contribution in [0, 0.1) is 0 Å². The Balaban J connectivity index is 0.000000403. The van der Waals surface area contributed by atoms with Gasteiger partial charge in [0.25, 0.3) is 0 Å². The first-order valence-corrected chi connectivity index (χ1v) is 7.09. The Hall–Kier alpha value is -2.00. The van der Waals surface area contributed by atoms with Crippen molar-refractivity contribution in [2.75, 3.05) is 0 Å². The summed E-state index contributed by atoms with van der Waals surface area (Å²) in [6.45, 7) is 0. The molecule has 2 aromatic carbocycles. The Morgan fingerprint density at radius 3 is 1.22 bits per heavy atom. The fraction of sp³-hybridized carbons (Fsp3) is 0.222. The van der Waals surface area contributed by atoms with E-state index in [0.717, 1.165) is 11.1 Å². The standard InChI is InChI=1S/2C9H10O2.Zn/c2*10-9(11)7-6-8-4-2-1-3-5-8;/h2*1-5H,6-7H2,(H,10,11);. The van der Waals surface area contributed by atoms with Crippen molar-refractivity contribution < 1.29 is 39.3 Å². The van der Waals surface area contributed by atoms with E-state index in [2.05, 4.69) is 0 Å². The van der Waals surface area contributed by atoms with E-state index in [0.29, 0.717) is 12.8 Å². The number of carboxylic acid groups (broad SMARTS) is 2. The van der Waals surface area contributed by atoms with Crippen molar-refractivity contribution >= 4 is 11.9 Å². The molecule has 0 bridgehead atoms. The summed E-state index contributed by atoms with van der Waals surface area (Å²) in [6, 6.07) is 19.2. The van der Waals surface area contributed by atoms with Crippen LogP contribution in [0.25, 0.3) is 0 Å². The van der Waals surface area contributed by atoms with Crippen molar-refractivity contribution in [1.82, 2.24) is 0 Å². The Bertz CT molecular complexity index is 517. The van der Waals surface area contributed by atoms with Crippen LogP contribution in [0.1, 0.15) is 24.0 Å². The van der Waals surface area contributed by atoms with Crippen LogP contribution >= 0.6 is 0 Å². The Morgan fingerprint density at radius 2 is 0.957 bits per heavy atom. The summed E-state index contributed by atoms with van der Waals surface area (Å²) in [6.07, 6.45) is 1.67. The van der Waals surface area contributed by atoms with E-state index in [1.807, 2.05) is 60.7 Å². The number of benzene rings is 2. The zero-order valence-corrected chi connectivity index (χ0v) is 16.0. The summed E-state index contributed by atoms with van der Waals surface area (Å²) in [5.41, 5.74) is 2.16. The molecule has 4 nitrogen and oxygen atoms in total. The van der Waals surface area contributed by atoms with Gasteiger partial charge in [-0.05, 0) is 24.0 Å². The van der Waals surface area contributed by atoms with Crippen LogP contribution in [-0.4, -0.2) is 22.2 Å².